The van der Waals surface area contributed by atoms with E-state index in [9.17, 15) is 14.7 Å². The summed E-state index contributed by atoms with van der Waals surface area (Å²) >= 11 is 0. The first-order valence-electron chi connectivity index (χ1n) is 9.24. The molecule has 3 rings (SSSR count). The fraction of sp³-hybridized carbons (Fsp3) is 0.381. The van der Waals surface area contributed by atoms with Crippen LogP contribution >= 0.6 is 0 Å². The zero-order valence-electron chi connectivity index (χ0n) is 16.5. The third-order valence-electron chi connectivity index (χ3n) is 5.46. The molecule has 0 bridgehead atoms. The minimum atomic E-state index is -0.258. The van der Waals surface area contributed by atoms with Crippen LogP contribution in [0.5, 0.6) is 11.5 Å². The zero-order valence-corrected chi connectivity index (χ0v) is 16.5. The average Bonchev–Trinajstić information content (AvgIpc) is 2.69. The Bertz CT molecular complexity index is 899. The molecule has 148 valence electrons. The largest absolute Gasteiger partial charge is 0.505 e. The van der Waals surface area contributed by atoms with Crippen LogP contribution in [0.2, 0.25) is 0 Å². The summed E-state index contributed by atoms with van der Waals surface area (Å²) in [4.78, 5) is 33.2. The minimum absolute atomic E-state index is 0.0658. The smallest absolute Gasteiger partial charge is 0.258 e. The third kappa shape index (κ3) is 3.52. The molecular weight excluding hydrogens is 358 g/mol. The second kappa shape index (κ2) is 7.88. The molecular formula is C21H25N3O4. The summed E-state index contributed by atoms with van der Waals surface area (Å²) in [6.45, 7) is 6.57. The lowest BCUT2D eigenvalue weighted by molar-refractivity contribution is 0.0239. The molecule has 1 N–H and O–H groups in total. The van der Waals surface area contributed by atoms with E-state index in [2.05, 4.69) is 4.98 Å². The maximum Gasteiger partial charge on any atom is 0.258 e. The molecule has 2 heterocycles. The Balaban J connectivity index is 1.78. The van der Waals surface area contributed by atoms with E-state index in [4.69, 9.17) is 4.74 Å². The summed E-state index contributed by atoms with van der Waals surface area (Å²) in [6, 6.07) is 6.52. The summed E-state index contributed by atoms with van der Waals surface area (Å²) in [7, 11) is 1.60. The van der Waals surface area contributed by atoms with Crippen molar-refractivity contribution in [3.05, 3.63) is 53.3 Å². The topological polar surface area (TPSA) is 83.0 Å². The van der Waals surface area contributed by atoms with Gasteiger partial charge in [-0.3, -0.25) is 14.6 Å². The average molecular weight is 383 g/mol. The number of amides is 2. The van der Waals surface area contributed by atoms with E-state index >= 15 is 0 Å². The van der Waals surface area contributed by atoms with Crippen LogP contribution in [0.15, 0.2) is 36.7 Å². The number of methoxy groups -OCH3 is 1. The van der Waals surface area contributed by atoms with Gasteiger partial charge in [-0.05, 0) is 50.6 Å². The molecule has 1 aromatic heterocycles. The fourth-order valence-electron chi connectivity index (χ4n) is 3.62. The van der Waals surface area contributed by atoms with Crippen molar-refractivity contribution in [2.75, 3.05) is 20.2 Å². The Hall–Kier alpha value is -3.09. The van der Waals surface area contributed by atoms with E-state index in [1.165, 1.54) is 18.5 Å². The number of rotatable bonds is 3. The molecule has 28 heavy (non-hydrogen) atoms. The van der Waals surface area contributed by atoms with Crippen molar-refractivity contribution in [3.63, 3.8) is 0 Å². The van der Waals surface area contributed by atoms with Gasteiger partial charge < -0.3 is 19.6 Å². The maximum absolute atomic E-state index is 13.0. The molecule has 1 aliphatic rings. The third-order valence-corrected chi connectivity index (χ3v) is 5.46. The summed E-state index contributed by atoms with van der Waals surface area (Å²) < 4.78 is 5.26. The maximum atomic E-state index is 13.0. The summed E-state index contributed by atoms with van der Waals surface area (Å²) in [5.41, 5.74) is 1.72. The Morgan fingerprint density at radius 3 is 2.32 bits per heavy atom. The van der Waals surface area contributed by atoms with Crippen LogP contribution in [-0.2, 0) is 0 Å². The Labute approximate surface area is 164 Å². The SMILES string of the molecule is COc1ccc(C(=O)N2CCN(C(=O)c3ccncc3O)C(C)C2C)cc1C. The van der Waals surface area contributed by atoms with Crippen LogP contribution in [0.25, 0.3) is 0 Å². The lowest BCUT2D eigenvalue weighted by atomic mass is 10.0. The van der Waals surface area contributed by atoms with Crippen LogP contribution in [0.3, 0.4) is 0 Å². The molecule has 2 atom stereocenters. The standard InChI is InChI=1S/C21H25N3O4/c1-13-11-16(5-6-19(13)28-4)20(26)23-9-10-24(15(3)14(23)2)21(27)17-7-8-22-12-18(17)25/h5-8,11-12,14-15,25H,9-10H2,1-4H3. The number of ether oxygens (including phenoxy) is 1. The lowest BCUT2D eigenvalue weighted by Gasteiger charge is -2.45. The number of piperazine rings is 1. The van der Waals surface area contributed by atoms with Crippen molar-refractivity contribution in [1.29, 1.82) is 0 Å². The van der Waals surface area contributed by atoms with Crippen LogP contribution in [0, 0.1) is 6.92 Å². The molecule has 0 saturated carbocycles. The number of carbonyl (C=O) groups is 2. The van der Waals surface area contributed by atoms with Crippen LogP contribution in [-0.4, -0.2) is 64.0 Å². The minimum Gasteiger partial charge on any atom is -0.505 e. The van der Waals surface area contributed by atoms with Crippen molar-refractivity contribution in [2.45, 2.75) is 32.9 Å². The van der Waals surface area contributed by atoms with Gasteiger partial charge in [-0.1, -0.05) is 0 Å². The summed E-state index contributed by atoms with van der Waals surface area (Å²) in [5.74, 6) is 0.278. The van der Waals surface area contributed by atoms with E-state index in [0.717, 1.165) is 11.3 Å². The molecule has 2 aromatic rings. The molecule has 1 aromatic carbocycles. The molecule has 1 aliphatic heterocycles. The first-order chi connectivity index (χ1) is 13.3. The van der Waals surface area contributed by atoms with Gasteiger partial charge in [0.15, 0.2) is 0 Å². The fourth-order valence-corrected chi connectivity index (χ4v) is 3.62. The molecule has 2 unspecified atom stereocenters. The number of hydrogen-bond acceptors (Lipinski definition) is 5. The van der Waals surface area contributed by atoms with Gasteiger partial charge in [-0.25, -0.2) is 0 Å². The number of pyridine rings is 1. The molecule has 0 aliphatic carbocycles. The van der Waals surface area contributed by atoms with Crippen LogP contribution in [0.1, 0.15) is 40.1 Å². The van der Waals surface area contributed by atoms with E-state index in [1.54, 1.807) is 29.0 Å². The highest BCUT2D eigenvalue weighted by molar-refractivity contribution is 5.98. The molecule has 0 spiro atoms. The van der Waals surface area contributed by atoms with E-state index in [-0.39, 0.29) is 35.2 Å². The number of aromatic nitrogens is 1. The lowest BCUT2D eigenvalue weighted by Crippen LogP contribution is -2.60. The van der Waals surface area contributed by atoms with Crippen molar-refractivity contribution in [1.82, 2.24) is 14.8 Å². The molecule has 7 heteroatoms. The number of carbonyl (C=O) groups excluding carboxylic acids is 2. The van der Waals surface area contributed by atoms with Gasteiger partial charge in [0.25, 0.3) is 11.8 Å². The summed E-state index contributed by atoms with van der Waals surface area (Å²) in [6.07, 6.45) is 2.74. The monoisotopic (exact) mass is 383 g/mol. The van der Waals surface area contributed by atoms with Crippen molar-refractivity contribution >= 4 is 11.8 Å². The van der Waals surface area contributed by atoms with Gasteiger partial charge in [0.05, 0.1) is 18.9 Å². The van der Waals surface area contributed by atoms with Crippen LogP contribution in [0.4, 0.5) is 0 Å². The quantitative estimate of drug-likeness (QED) is 0.880. The zero-order chi connectivity index (χ0) is 20.4. The number of hydrogen-bond donors (Lipinski definition) is 1. The van der Waals surface area contributed by atoms with Gasteiger partial charge in [0.2, 0.25) is 0 Å². The van der Waals surface area contributed by atoms with Crippen molar-refractivity contribution in [2.24, 2.45) is 0 Å². The van der Waals surface area contributed by atoms with Crippen molar-refractivity contribution in [3.8, 4) is 11.5 Å². The summed E-state index contributed by atoms with van der Waals surface area (Å²) in [5, 5.41) is 9.94. The molecule has 1 fully saturated rings. The number of benzene rings is 1. The van der Waals surface area contributed by atoms with Gasteiger partial charge in [0, 0.05) is 36.9 Å². The van der Waals surface area contributed by atoms with Crippen LogP contribution < -0.4 is 4.74 Å². The first kappa shape index (κ1) is 19.7. The number of aromatic hydroxyl groups is 1. The molecule has 1 saturated heterocycles. The van der Waals surface area contributed by atoms with Crippen molar-refractivity contribution < 1.29 is 19.4 Å². The second-order valence-corrected chi connectivity index (χ2v) is 7.06. The highest BCUT2D eigenvalue weighted by Crippen LogP contribution is 2.25. The normalized spacial score (nSPS) is 19.4. The number of nitrogens with zero attached hydrogens (tertiary/aromatic N) is 3. The van der Waals surface area contributed by atoms with E-state index < -0.39 is 0 Å². The Morgan fingerprint density at radius 2 is 1.75 bits per heavy atom. The second-order valence-electron chi connectivity index (χ2n) is 7.06. The first-order valence-corrected chi connectivity index (χ1v) is 9.24. The molecule has 0 radical (unpaired) electrons. The van der Waals surface area contributed by atoms with Gasteiger partial charge in [-0.15, -0.1) is 0 Å². The Morgan fingerprint density at radius 1 is 1.11 bits per heavy atom. The Kier molecular flexibility index (Phi) is 5.53. The van der Waals surface area contributed by atoms with Gasteiger partial charge >= 0.3 is 0 Å². The molecule has 7 nitrogen and oxygen atoms in total. The van der Waals surface area contributed by atoms with Gasteiger partial charge in [0.1, 0.15) is 11.5 Å². The highest BCUT2D eigenvalue weighted by Gasteiger charge is 2.37. The van der Waals surface area contributed by atoms with E-state index in [1.807, 2.05) is 26.8 Å². The predicted molar refractivity (Wildman–Crippen MR) is 105 cm³/mol. The van der Waals surface area contributed by atoms with E-state index in [0.29, 0.717) is 18.7 Å². The van der Waals surface area contributed by atoms with Gasteiger partial charge in [-0.2, -0.15) is 0 Å². The highest BCUT2D eigenvalue weighted by atomic mass is 16.5. The molecule has 2 amide bonds. The number of aryl methyl sites for hydroxylation is 1. The predicted octanol–water partition coefficient (Wildman–Crippen LogP) is 2.48.